The number of H-pyrrole nitrogens is 1. The van der Waals surface area contributed by atoms with Crippen LogP contribution in [0.25, 0.3) is 10.9 Å². The van der Waals surface area contributed by atoms with E-state index in [1.807, 2.05) is 18.3 Å². The van der Waals surface area contributed by atoms with Crippen LogP contribution in [0, 0.1) is 0 Å². The first-order chi connectivity index (χ1) is 7.93. The van der Waals surface area contributed by atoms with E-state index in [-0.39, 0.29) is 0 Å². The van der Waals surface area contributed by atoms with Crippen LogP contribution in [0.3, 0.4) is 0 Å². The van der Waals surface area contributed by atoms with Gasteiger partial charge >= 0.3 is 0 Å². The first-order valence-corrected chi connectivity index (χ1v) is 5.70. The van der Waals surface area contributed by atoms with Gasteiger partial charge in [-0.1, -0.05) is 6.07 Å². The summed E-state index contributed by atoms with van der Waals surface area (Å²) in [6.45, 7) is 1.70. The zero-order valence-electron chi connectivity index (χ0n) is 9.07. The summed E-state index contributed by atoms with van der Waals surface area (Å²) in [5.74, 6) is 0. The molecule has 2 N–H and O–H groups in total. The lowest BCUT2D eigenvalue weighted by Gasteiger charge is -2.24. The Balaban J connectivity index is 1.85. The summed E-state index contributed by atoms with van der Waals surface area (Å²) in [5, 5.41) is 11.7. The lowest BCUT2D eigenvalue weighted by atomic mass is 10.1. The summed E-state index contributed by atoms with van der Waals surface area (Å²) in [4.78, 5) is 0. The molecule has 0 bridgehead atoms. The molecule has 1 atom stereocenters. The number of hydrogen-bond acceptors (Lipinski definition) is 3. The van der Waals surface area contributed by atoms with E-state index in [4.69, 9.17) is 4.74 Å². The van der Waals surface area contributed by atoms with Crippen LogP contribution in [-0.2, 0) is 4.74 Å². The number of hydrogen-bond donors (Lipinski definition) is 2. The SMILES string of the molecule is c1cc(NC2CCCOC2)c2cn[nH]c2c1. The van der Waals surface area contributed by atoms with Crippen molar-refractivity contribution in [2.75, 3.05) is 18.5 Å². The Morgan fingerprint density at radius 3 is 3.31 bits per heavy atom. The largest absolute Gasteiger partial charge is 0.379 e. The smallest absolute Gasteiger partial charge is 0.0671 e. The second-order valence-electron chi connectivity index (χ2n) is 4.20. The molecule has 1 saturated heterocycles. The molecule has 1 aliphatic rings. The van der Waals surface area contributed by atoms with Gasteiger partial charge in [-0.25, -0.2) is 0 Å². The van der Waals surface area contributed by atoms with E-state index in [9.17, 15) is 0 Å². The molecule has 84 valence electrons. The summed E-state index contributed by atoms with van der Waals surface area (Å²) in [5.41, 5.74) is 2.21. The molecule has 1 fully saturated rings. The average Bonchev–Trinajstić information content (AvgIpc) is 2.80. The number of fused-ring (bicyclic) bond motifs is 1. The second kappa shape index (κ2) is 4.14. The van der Waals surface area contributed by atoms with E-state index in [2.05, 4.69) is 21.6 Å². The monoisotopic (exact) mass is 217 g/mol. The van der Waals surface area contributed by atoms with Crippen molar-refractivity contribution in [3.05, 3.63) is 24.4 Å². The van der Waals surface area contributed by atoms with E-state index in [1.165, 1.54) is 6.42 Å². The molecule has 0 radical (unpaired) electrons. The fraction of sp³-hybridized carbons (Fsp3) is 0.417. The van der Waals surface area contributed by atoms with E-state index < -0.39 is 0 Å². The molecule has 1 aromatic heterocycles. The van der Waals surface area contributed by atoms with Crippen LogP contribution in [0.1, 0.15) is 12.8 Å². The minimum atomic E-state index is 0.425. The van der Waals surface area contributed by atoms with Crippen molar-refractivity contribution in [3.63, 3.8) is 0 Å². The van der Waals surface area contributed by atoms with Crippen LogP contribution < -0.4 is 5.32 Å². The van der Waals surface area contributed by atoms with Crippen LogP contribution >= 0.6 is 0 Å². The number of nitrogens with zero attached hydrogens (tertiary/aromatic N) is 1. The summed E-state index contributed by atoms with van der Waals surface area (Å²) in [6.07, 6.45) is 4.18. The molecule has 1 aliphatic heterocycles. The van der Waals surface area contributed by atoms with Gasteiger partial charge in [0.1, 0.15) is 0 Å². The van der Waals surface area contributed by atoms with Crippen molar-refractivity contribution >= 4 is 16.6 Å². The molecular formula is C12H15N3O. The lowest BCUT2D eigenvalue weighted by molar-refractivity contribution is 0.0876. The summed E-state index contributed by atoms with van der Waals surface area (Å²) >= 11 is 0. The molecule has 2 aromatic rings. The van der Waals surface area contributed by atoms with Gasteiger partial charge in [0.2, 0.25) is 0 Å². The maximum atomic E-state index is 5.46. The first kappa shape index (κ1) is 9.66. The maximum Gasteiger partial charge on any atom is 0.0671 e. The van der Waals surface area contributed by atoms with E-state index in [0.717, 1.165) is 36.2 Å². The Bertz CT molecular complexity index is 474. The number of aromatic amines is 1. The van der Waals surface area contributed by atoms with E-state index in [1.54, 1.807) is 0 Å². The van der Waals surface area contributed by atoms with Gasteiger partial charge in [0.05, 0.1) is 18.3 Å². The van der Waals surface area contributed by atoms with Crippen LogP contribution in [0.4, 0.5) is 5.69 Å². The Kier molecular flexibility index (Phi) is 2.50. The van der Waals surface area contributed by atoms with Crippen LogP contribution in [0.15, 0.2) is 24.4 Å². The van der Waals surface area contributed by atoms with Crippen molar-refractivity contribution in [2.24, 2.45) is 0 Å². The van der Waals surface area contributed by atoms with Gasteiger partial charge < -0.3 is 10.1 Å². The van der Waals surface area contributed by atoms with Crippen LogP contribution in [0.2, 0.25) is 0 Å². The number of anilines is 1. The average molecular weight is 217 g/mol. The highest BCUT2D eigenvalue weighted by atomic mass is 16.5. The summed E-state index contributed by atoms with van der Waals surface area (Å²) < 4.78 is 5.46. The molecule has 0 saturated carbocycles. The maximum absolute atomic E-state index is 5.46. The quantitative estimate of drug-likeness (QED) is 0.810. The predicted molar refractivity (Wildman–Crippen MR) is 63.6 cm³/mol. The summed E-state index contributed by atoms with van der Waals surface area (Å²) in [7, 11) is 0. The third-order valence-electron chi connectivity index (χ3n) is 3.00. The fourth-order valence-corrected chi connectivity index (χ4v) is 2.17. The van der Waals surface area contributed by atoms with Crippen LogP contribution in [-0.4, -0.2) is 29.5 Å². The van der Waals surface area contributed by atoms with Crippen molar-refractivity contribution in [2.45, 2.75) is 18.9 Å². The number of benzene rings is 1. The molecule has 0 aliphatic carbocycles. The van der Waals surface area contributed by atoms with E-state index in [0.29, 0.717) is 6.04 Å². The van der Waals surface area contributed by atoms with Crippen molar-refractivity contribution < 1.29 is 4.74 Å². The molecule has 0 amide bonds. The molecule has 2 heterocycles. The van der Waals surface area contributed by atoms with Gasteiger partial charge in [-0.3, -0.25) is 5.10 Å². The van der Waals surface area contributed by atoms with Gasteiger partial charge in [0.25, 0.3) is 0 Å². The minimum absolute atomic E-state index is 0.425. The Morgan fingerprint density at radius 2 is 2.44 bits per heavy atom. The third-order valence-corrected chi connectivity index (χ3v) is 3.00. The molecule has 0 spiro atoms. The fourth-order valence-electron chi connectivity index (χ4n) is 2.17. The highest BCUT2D eigenvalue weighted by Gasteiger charge is 2.14. The molecular weight excluding hydrogens is 202 g/mol. The molecule has 1 aromatic carbocycles. The predicted octanol–water partition coefficient (Wildman–Crippen LogP) is 2.15. The minimum Gasteiger partial charge on any atom is -0.379 e. The Labute approximate surface area is 94.0 Å². The Morgan fingerprint density at radius 1 is 1.44 bits per heavy atom. The number of aromatic nitrogens is 2. The molecule has 3 rings (SSSR count). The topological polar surface area (TPSA) is 49.9 Å². The number of nitrogens with one attached hydrogen (secondary N) is 2. The number of ether oxygens (including phenoxy) is 1. The van der Waals surface area contributed by atoms with Crippen molar-refractivity contribution in [1.82, 2.24) is 10.2 Å². The van der Waals surface area contributed by atoms with Crippen molar-refractivity contribution in [1.29, 1.82) is 0 Å². The molecule has 4 heteroatoms. The molecule has 4 nitrogen and oxygen atoms in total. The number of rotatable bonds is 2. The van der Waals surface area contributed by atoms with Gasteiger partial charge in [0.15, 0.2) is 0 Å². The van der Waals surface area contributed by atoms with Gasteiger partial charge in [-0.05, 0) is 25.0 Å². The van der Waals surface area contributed by atoms with Gasteiger partial charge in [-0.2, -0.15) is 5.10 Å². The zero-order valence-corrected chi connectivity index (χ0v) is 9.07. The highest BCUT2D eigenvalue weighted by molar-refractivity contribution is 5.90. The Hall–Kier alpha value is -1.55. The second-order valence-corrected chi connectivity index (χ2v) is 4.20. The molecule has 1 unspecified atom stereocenters. The van der Waals surface area contributed by atoms with E-state index >= 15 is 0 Å². The zero-order chi connectivity index (χ0) is 10.8. The van der Waals surface area contributed by atoms with Crippen molar-refractivity contribution in [3.8, 4) is 0 Å². The summed E-state index contributed by atoms with van der Waals surface area (Å²) in [6, 6.07) is 6.58. The standard InChI is InChI=1S/C12H15N3O/c1-4-11(10-7-13-15-12(10)5-1)14-9-3-2-6-16-8-9/h1,4-5,7,9,14H,2-3,6,8H2,(H,13,15). The van der Waals surface area contributed by atoms with Crippen LogP contribution in [0.5, 0.6) is 0 Å². The first-order valence-electron chi connectivity index (χ1n) is 5.70. The van der Waals surface area contributed by atoms with Gasteiger partial charge in [0, 0.05) is 23.7 Å². The highest BCUT2D eigenvalue weighted by Crippen LogP contribution is 2.23. The molecule has 16 heavy (non-hydrogen) atoms. The van der Waals surface area contributed by atoms with Gasteiger partial charge in [-0.15, -0.1) is 0 Å². The normalized spacial score (nSPS) is 21.1. The third kappa shape index (κ3) is 1.76. The lowest BCUT2D eigenvalue weighted by Crippen LogP contribution is -2.29.